The molecule has 5 nitrogen and oxygen atoms in total. The molecule has 0 saturated carbocycles. The van der Waals surface area contributed by atoms with Gasteiger partial charge in [0, 0.05) is 24.5 Å². The summed E-state index contributed by atoms with van der Waals surface area (Å²) in [5.74, 6) is -0.390. The third-order valence-electron chi connectivity index (χ3n) is 4.20. The minimum Gasteiger partial charge on any atom is -0.468 e. The van der Waals surface area contributed by atoms with Crippen molar-refractivity contribution in [1.82, 2.24) is 14.5 Å². The van der Waals surface area contributed by atoms with Crippen LogP contribution in [0.1, 0.15) is 31.9 Å². The monoisotopic (exact) mass is 331 g/mol. The molecular formula is C18H22FN3O2. The Morgan fingerprint density at radius 3 is 3.04 bits per heavy atom. The van der Waals surface area contributed by atoms with Crippen molar-refractivity contribution in [3.63, 3.8) is 0 Å². The Hall–Kier alpha value is -2.37. The van der Waals surface area contributed by atoms with Gasteiger partial charge in [0.25, 0.3) is 5.88 Å². The Kier molecular flexibility index (Phi) is 5.13. The molecule has 3 rings (SSSR count). The van der Waals surface area contributed by atoms with E-state index in [0.717, 1.165) is 18.5 Å². The molecule has 0 saturated heterocycles. The fourth-order valence-electron chi connectivity index (χ4n) is 2.92. The summed E-state index contributed by atoms with van der Waals surface area (Å²) in [6.45, 7) is 3.62. The van der Waals surface area contributed by atoms with E-state index in [1.807, 2.05) is 18.3 Å². The Morgan fingerprint density at radius 2 is 2.25 bits per heavy atom. The van der Waals surface area contributed by atoms with Crippen LogP contribution in [-0.2, 0) is 17.9 Å². The Morgan fingerprint density at radius 1 is 1.38 bits per heavy atom. The maximum absolute atomic E-state index is 13.8. The number of carbonyl (C=O) groups is 1. The molecule has 0 fully saturated rings. The average molecular weight is 331 g/mol. The normalized spacial score (nSPS) is 17.2. The highest BCUT2D eigenvalue weighted by atomic mass is 19.1. The zero-order valence-corrected chi connectivity index (χ0v) is 13.8. The lowest BCUT2D eigenvalue weighted by Crippen LogP contribution is -2.38. The quantitative estimate of drug-likeness (QED) is 0.846. The highest BCUT2D eigenvalue weighted by Gasteiger charge is 2.26. The highest BCUT2D eigenvalue weighted by molar-refractivity contribution is 5.76. The summed E-state index contributed by atoms with van der Waals surface area (Å²) >= 11 is 0. The molecule has 0 aromatic carbocycles. The number of rotatable bonds is 5. The lowest BCUT2D eigenvalue weighted by molar-refractivity contribution is -0.133. The van der Waals surface area contributed by atoms with Crippen LogP contribution in [0.5, 0.6) is 5.88 Å². The number of hydrogen-bond donors (Lipinski definition) is 0. The van der Waals surface area contributed by atoms with Crippen LogP contribution in [0, 0.1) is 5.82 Å². The summed E-state index contributed by atoms with van der Waals surface area (Å²) in [5.41, 5.74) is 1.06. The van der Waals surface area contributed by atoms with E-state index in [-0.39, 0.29) is 17.9 Å². The van der Waals surface area contributed by atoms with Gasteiger partial charge in [-0.15, -0.1) is 0 Å². The van der Waals surface area contributed by atoms with Crippen LogP contribution in [0.25, 0.3) is 0 Å². The first-order valence-corrected chi connectivity index (χ1v) is 8.36. The van der Waals surface area contributed by atoms with Crippen molar-refractivity contribution in [2.45, 2.75) is 45.4 Å². The number of carbonyl (C=O) groups excluding carboxylic acids is 1. The van der Waals surface area contributed by atoms with Crippen molar-refractivity contribution in [2.24, 2.45) is 0 Å². The van der Waals surface area contributed by atoms with Gasteiger partial charge in [-0.05, 0) is 30.7 Å². The number of unbranched alkanes of at least 4 members (excludes halogenated alkanes) is 1. The predicted octanol–water partition coefficient (Wildman–Crippen LogP) is 3.00. The van der Waals surface area contributed by atoms with Gasteiger partial charge in [-0.25, -0.2) is 9.37 Å². The number of ether oxygens (including phenoxy) is 1. The van der Waals surface area contributed by atoms with E-state index in [1.165, 1.54) is 18.3 Å². The van der Waals surface area contributed by atoms with Gasteiger partial charge in [-0.2, -0.15) is 0 Å². The molecule has 2 aromatic rings. The SMILES string of the molecule is CCCCC(=O)N1Cc2cccn2CC(Oc2ncccc2F)C1. The van der Waals surface area contributed by atoms with E-state index in [4.69, 9.17) is 4.74 Å². The molecule has 0 radical (unpaired) electrons. The number of amides is 1. The lowest BCUT2D eigenvalue weighted by Gasteiger charge is -2.24. The Labute approximate surface area is 141 Å². The zero-order chi connectivity index (χ0) is 16.9. The van der Waals surface area contributed by atoms with Gasteiger partial charge in [-0.1, -0.05) is 13.3 Å². The maximum Gasteiger partial charge on any atom is 0.250 e. The summed E-state index contributed by atoms with van der Waals surface area (Å²) in [6, 6.07) is 6.81. The number of hydrogen-bond acceptors (Lipinski definition) is 3. The van der Waals surface area contributed by atoms with Crippen LogP contribution < -0.4 is 4.74 Å². The molecule has 0 N–H and O–H groups in total. The summed E-state index contributed by atoms with van der Waals surface area (Å²) in [4.78, 5) is 18.2. The zero-order valence-electron chi connectivity index (χ0n) is 13.8. The van der Waals surface area contributed by atoms with Crippen LogP contribution in [0.15, 0.2) is 36.7 Å². The highest BCUT2D eigenvalue weighted by Crippen LogP contribution is 2.20. The molecule has 1 atom stereocenters. The number of nitrogens with zero attached hydrogens (tertiary/aromatic N) is 3. The number of pyridine rings is 1. The fourth-order valence-corrected chi connectivity index (χ4v) is 2.92. The molecule has 24 heavy (non-hydrogen) atoms. The lowest BCUT2D eigenvalue weighted by atomic mass is 10.2. The summed E-state index contributed by atoms with van der Waals surface area (Å²) in [6.07, 6.45) is 5.50. The maximum atomic E-state index is 13.8. The molecule has 6 heteroatoms. The molecule has 128 valence electrons. The largest absolute Gasteiger partial charge is 0.468 e. The van der Waals surface area contributed by atoms with Crippen LogP contribution in [0.4, 0.5) is 4.39 Å². The molecule has 1 amide bonds. The van der Waals surface area contributed by atoms with Crippen molar-refractivity contribution in [2.75, 3.05) is 6.54 Å². The second-order valence-corrected chi connectivity index (χ2v) is 6.06. The van der Waals surface area contributed by atoms with Crippen LogP contribution in [0.3, 0.4) is 0 Å². The molecule has 0 bridgehead atoms. The first-order chi connectivity index (χ1) is 11.7. The van der Waals surface area contributed by atoms with Gasteiger partial charge in [0.2, 0.25) is 5.91 Å². The van der Waals surface area contributed by atoms with Crippen molar-refractivity contribution in [3.05, 3.63) is 48.2 Å². The van der Waals surface area contributed by atoms with E-state index in [2.05, 4.69) is 16.5 Å². The second kappa shape index (κ2) is 7.47. The van der Waals surface area contributed by atoms with Crippen LogP contribution >= 0.6 is 0 Å². The molecular weight excluding hydrogens is 309 g/mol. The second-order valence-electron chi connectivity index (χ2n) is 6.06. The summed E-state index contributed by atoms with van der Waals surface area (Å²) < 4.78 is 21.7. The molecule has 2 aromatic heterocycles. The molecule has 1 aliphatic rings. The fraction of sp³-hybridized carbons (Fsp3) is 0.444. The van der Waals surface area contributed by atoms with Gasteiger partial charge >= 0.3 is 0 Å². The van der Waals surface area contributed by atoms with Gasteiger partial charge in [-0.3, -0.25) is 4.79 Å². The summed E-state index contributed by atoms with van der Waals surface area (Å²) in [7, 11) is 0. The van der Waals surface area contributed by atoms with Gasteiger partial charge in [0.15, 0.2) is 5.82 Å². The molecule has 0 spiro atoms. The van der Waals surface area contributed by atoms with Crippen LogP contribution in [0.2, 0.25) is 0 Å². The molecule has 1 aliphatic heterocycles. The van der Waals surface area contributed by atoms with E-state index >= 15 is 0 Å². The van der Waals surface area contributed by atoms with E-state index < -0.39 is 5.82 Å². The van der Waals surface area contributed by atoms with Crippen LogP contribution in [-0.4, -0.2) is 33.0 Å². The average Bonchev–Trinajstić information content (AvgIpc) is 2.93. The van der Waals surface area contributed by atoms with Crippen molar-refractivity contribution >= 4 is 5.91 Å². The van der Waals surface area contributed by atoms with Gasteiger partial charge < -0.3 is 14.2 Å². The van der Waals surface area contributed by atoms with E-state index in [9.17, 15) is 9.18 Å². The number of fused-ring (bicyclic) bond motifs is 1. The predicted molar refractivity (Wildman–Crippen MR) is 88.0 cm³/mol. The number of halogens is 1. The first kappa shape index (κ1) is 16.5. The minimum atomic E-state index is -0.488. The Bertz CT molecular complexity index is 701. The van der Waals surface area contributed by atoms with E-state index in [0.29, 0.717) is 26.1 Å². The van der Waals surface area contributed by atoms with Crippen molar-refractivity contribution < 1.29 is 13.9 Å². The van der Waals surface area contributed by atoms with Gasteiger partial charge in [0.05, 0.1) is 19.6 Å². The number of aromatic nitrogens is 2. The summed E-state index contributed by atoms with van der Waals surface area (Å²) in [5, 5.41) is 0. The van der Waals surface area contributed by atoms with Crippen molar-refractivity contribution in [1.29, 1.82) is 0 Å². The first-order valence-electron chi connectivity index (χ1n) is 8.36. The molecule has 3 heterocycles. The smallest absolute Gasteiger partial charge is 0.250 e. The third kappa shape index (κ3) is 3.75. The van der Waals surface area contributed by atoms with E-state index in [1.54, 1.807) is 4.90 Å². The Balaban J connectivity index is 1.78. The third-order valence-corrected chi connectivity index (χ3v) is 4.20. The van der Waals surface area contributed by atoms with Gasteiger partial charge in [0.1, 0.15) is 6.10 Å². The minimum absolute atomic E-state index is 0.0148. The standard InChI is InChI=1S/C18H22FN3O2/c1-2-3-8-17(23)22-11-14-6-5-10-21(14)12-15(13-22)24-18-16(19)7-4-9-20-18/h4-7,9-10,15H,2-3,8,11-13H2,1H3. The molecule has 0 aliphatic carbocycles. The topological polar surface area (TPSA) is 47.4 Å². The van der Waals surface area contributed by atoms with Crippen molar-refractivity contribution in [3.8, 4) is 5.88 Å². The molecule has 1 unspecified atom stereocenters.